The molecular formula is C14H11ClF3N3O3. The summed E-state index contributed by atoms with van der Waals surface area (Å²) < 4.78 is 42.4. The molecule has 0 bridgehead atoms. The molecule has 0 amide bonds. The highest BCUT2D eigenvalue weighted by molar-refractivity contribution is 6.32. The summed E-state index contributed by atoms with van der Waals surface area (Å²) >= 11 is 5.72. The lowest BCUT2D eigenvalue weighted by Crippen LogP contribution is -2.06. The Morgan fingerprint density at radius 3 is 2.58 bits per heavy atom. The number of phenols is 2. The number of pyridine rings is 1. The van der Waals surface area contributed by atoms with Crippen LogP contribution in [0.15, 0.2) is 29.5 Å². The number of methoxy groups -OCH3 is 1. The molecule has 1 heterocycles. The zero-order chi connectivity index (χ0) is 17.9. The second-order valence-corrected chi connectivity index (χ2v) is 4.92. The van der Waals surface area contributed by atoms with E-state index in [-0.39, 0.29) is 16.6 Å². The summed E-state index contributed by atoms with van der Waals surface area (Å²) in [5.74, 6) is -0.880. The van der Waals surface area contributed by atoms with Crippen molar-refractivity contribution >= 4 is 23.6 Å². The van der Waals surface area contributed by atoms with Gasteiger partial charge in [0.15, 0.2) is 17.3 Å². The van der Waals surface area contributed by atoms with Gasteiger partial charge in [0.25, 0.3) is 0 Å². The molecule has 6 nitrogen and oxygen atoms in total. The number of nitrogens with zero attached hydrogens (tertiary/aromatic N) is 2. The number of halogens is 4. The molecule has 0 aliphatic carbocycles. The smallest absolute Gasteiger partial charge is 0.417 e. The number of anilines is 1. The van der Waals surface area contributed by atoms with Crippen LogP contribution in [0, 0.1) is 0 Å². The van der Waals surface area contributed by atoms with Crippen LogP contribution in [0.2, 0.25) is 5.02 Å². The Morgan fingerprint density at radius 1 is 1.29 bits per heavy atom. The number of benzene rings is 1. The van der Waals surface area contributed by atoms with Crippen LogP contribution in [-0.4, -0.2) is 28.5 Å². The lowest BCUT2D eigenvalue weighted by Gasteiger charge is -2.08. The van der Waals surface area contributed by atoms with Crippen LogP contribution in [0.3, 0.4) is 0 Å². The molecule has 2 aromatic rings. The number of rotatable bonds is 4. The molecule has 0 spiro atoms. The van der Waals surface area contributed by atoms with Crippen molar-refractivity contribution in [3.8, 4) is 17.2 Å². The van der Waals surface area contributed by atoms with Crippen molar-refractivity contribution in [2.24, 2.45) is 5.10 Å². The Balaban J connectivity index is 2.16. The van der Waals surface area contributed by atoms with E-state index >= 15 is 0 Å². The predicted molar refractivity (Wildman–Crippen MR) is 81.8 cm³/mol. The van der Waals surface area contributed by atoms with Crippen molar-refractivity contribution < 1.29 is 28.1 Å². The molecular weight excluding hydrogens is 351 g/mol. The zero-order valence-electron chi connectivity index (χ0n) is 12.1. The molecule has 0 saturated heterocycles. The molecule has 0 aliphatic heterocycles. The SMILES string of the molecule is COc1cc(/C=N/Nc2ncc(C(F)(F)F)cc2Cl)cc(O)c1O. The van der Waals surface area contributed by atoms with Gasteiger partial charge in [-0.25, -0.2) is 4.98 Å². The van der Waals surface area contributed by atoms with Crippen LogP contribution in [0.5, 0.6) is 17.2 Å². The summed E-state index contributed by atoms with van der Waals surface area (Å²) in [6.07, 6.45) is -2.69. The van der Waals surface area contributed by atoms with E-state index in [1.807, 2.05) is 0 Å². The lowest BCUT2D eigenvalue weighted by molar-refractivity contribution is -0.137. The average molecular weight is 362 g/mol. The van der Waals surface area contributed by atoms with Crippen LogP contribution in [0.1, 0.15) is 11.1 Å². The number of aromatic hydroxyl groups is 2. The van der Waals surface area contributed by atoms with E-state index in [4.69, 9.17) is 16.3 Å². The second-order valence-electron chi connectivity index (χ2n) is 4.51. The molecule has 0 radical (unpaired) electrons. The number of hydrazone groups is 1. The first-order valence-electron chi connectivity index (χ1n) is 6.34. The van der Waals surface area contributed by atoms with E-state index in [1.165, 1.54) is 25.5 Å². The van der Waals surface area contributed by atoms with Crippen molar-refractivity contribution in [2.45, 2.75) is 6.18 Å². The van der Waals surface area contributed by atoms with E-state index in [9.17, 15) is 23.4 Å². The largest absolute Gasteiger partial charge is 0.504 e. The van der Waals surface area contributed by atoms with Gasteiger partial charge in [0.05, 0.1) is 23.9 Å². The quantitative estimate of drug-likeness (QED) is 0.440. The molecule has 3 N–H and O–H groups in total. The van der Waals surface area contributed by atoms with E-state index < -0.39 is 23.2 Å². The first kappa shape index (κ1) is 17.7. The molecule has 0 fully saturated rings. The number of aromatic nitrogens is 1. The van der Waals surface area contributed by atoms with Gasteiger partial charge in [-0.3, -0.25) is 5.43 Å². The van der Waals surface area contributed by atoms with Gasteiger partial charge in [0, 0.05) is 11.8 Å². The Bertz CT molecular complexity index is 782. The fourth-order valence-corrected chi connectivity index (χ4v) is 1.90. The molecule has 24 heavy (non-hydrogen) atoms. The molecule has 1 aromatic carbocycles. The van der Waals surface area contributed by atoms with Gasteiger partial charge in [-0.15, -0.1) is 0 Å². The Hall–Kier alpha value is -2.68. The lowest BCUT2D eigenvalue weighted by atomic mass is 10.2. The average Bonchev–Trinajstić information content (AvgIpc) is 2.51. The monoisotopic (exact) mass is 361 g/mol. The fourth-order valence-electron chi connectivity index (χ4n) is 1.69. The number of phenolic OH excluding ortho intramolecular Hbond substituents is 2. The first-order chi connectivity index (χ1) is 11.2. The zero-order valence-corrected chi connectivity index (χ0v) is 12.9. The molecule has 0 atom stereocenters. The van der Waals surface area contributed by atoms with Crippen LogP contribution in [0.25, 0.3) is 0 Å². The standard InChI is InChI=1S/C14H11ClF3N3O3/c1-24-11-3-7(2-10(22)12(11)23)5-20-21-13-9(15)4-8(6-19-13)14(16,17)18/h2-6,22-23H,1H3,(H,19,21)/b20-5+. The number of hydrogen-bond donors (Lipinski definition) is 3. The van der Waals surface area contributed by atoms with Crippen molar-refractivity contribution in [1.29, 1.82) is 0 Å². The van der Waals surface area contributed by atoms with Gasteiger partial charge < -0.3 is 14.9 Å². The summed E-state index contributed by atoms with van der Waals surface area (Å²) in [4.78, 5) is 3.55. The third-order valence-electron chi connectivity index (χ3n) is 2.85. The van der Waals surface area contributed by atoms with Crippen molar-refractivity contribution in [3.05, 3.63) is 40.5 Å². The summed E-state index contributed by atoms with van der Waals surface area (Å²) in [6, 6.07) is 3.33. The number of nitrogens with one attached hydrogen (secondary N) is 1. The van der Waals surface area contributed by atoms with Gasteiger partial charge in [0.1, 0.15) is 0 Å². The fraction of sp³-hybridized carbons (Fsp3) is 0.143. The van der Waals surface area contributed by atoms with E-state index in [1.54, 1.807) is 0 Å². The minimum Gasteiger partial charge on any atom is -0.504 e. The second kappa shape index (κ2) is 6.83. The first-order valence-corrected chi connectivity index (χ1v) is 6.72. The number of hydrogen-bond acceptors (Lipinski definition) is 6. The molecule has 128 valence electrons. The van der Waals surface area contributed by atoms with Gasteiger partial charge in [-0.2, -0.15) is 18.3 Å². The number of ether oxygens (including phenoxy) is 1. The van der Waals surface area contributed by atoms with Crippen LogP contribution < -0.4 is 10.2 Å². The van der Waals surface area contributed by atoms with Gasteiger partial charge >= 0.3 is 6.18 Å². The number of alkyl halides is 3. The third-order valence-corrected chi connectivity index (χ3v) is 3.14. The van der Waals surface area contributed by atoms with Gasteiger partial charge in [-0.1, -0.05) is 11.6 Å². The highest BCUT2D eigenvalue weighted by Crippen LogP contribution is 2.36. The van der Waals surface area contributed by atoms with Crippen LogP contribution in [0.4, 0.5) is 19.0 Å². The van der Waals surface area contributed by atoms with Crippen molar-refractivity contribution in [3.63, 3.8) is 0 Å². The van der Waals surface area contributed by atoms with Crippen molar-refractivity contribution in [2.75, 3.05) is 12.5 Å². The highest BCUT2D eigenvalue weighted by atomic mass is 35.5. The summed E-state index contributed by atoms with van der Waals surface area (Å²) in [6.45, 7) is 0. The summed E-state index contributed by atoms with van der Waals surface area (Å²) in [5, 5.41) is 22.5. The molecule has 1 aromatic heterocycles. The Kier molecular flexibility index (Phi) is 5.03. The van der Waals surface area contributed by atoms with Crippen LogP contribution in [-0.2, 0) is 6.18 Å². The normalized spacial score (nSPS) is 11.7. The van der Waals surface area contributed by atoms with Crippen molar-refractivity contribution in [1.82, 2.24) is 4.98 Å². The molecule has 0 unspecified atom stereocenters. The summed E-state index contributed by atoms with van der Waals surface area (Å²) in [5.41, 5.74) is 1.77. The maximum Gasteiger partial charge on any atom is 0.417 e. The highest BCUT2D eigenvalue weighted by Gasteiger charge is 2.31. The molecule has 2 rings (SSSR count). The van der Waals surface area contributed by atoms with Gasteiger partial charge in [-0.05, 0) is 18.2 Å². The minimum atomic E-state index is -4.54. The predicted octanol–water partition coefficient (Wildman–Crippen LogP) is 3.62. The minimum absolute atomic E-state index is 0.0298. The topological polar surface area (TPSA) is 87.0 Å². The van der Waals surface area contributed by atoms with Crippen LogP contribution >= 0.6 is 11.6 Å². The Morgan fingerprint density at radius 2 is 2.00 bits per heavy atom. The maximum atomic E-state index is 12.5. The van der Waals surface area contributed by atoms with E-state index in [0.29, 0.717) is 11.8 Å². The summed E-state index contributed by atoms with van der Waals surface area (Å²) in [7, 11) is 1.31. The molecule has 0 saturated carbocycles. The Labute approximate surface area is 139 Å². The third kappa shape index (κ3) is 3.99. The van der Waals surface area contributed by atoms with Gasteiger partial charge in [0.2, 0.25) is 5.75 Å². The molecule has 10 heteroatoms. The maximum absolute atomic E-state index is 12.5. The molecule has 0 aliphatic rings. The van der Waals surface area contributed by atoms with E-state index in [2.05, 4.69) is 15.5 Å². The van der Waals surface area contributed by atoms with E-state index in [0.717, 1.165) is 6.07 Å².